The van der Waals surface area contributed by atoms with Gasteiger partial charge in [0, 0.05) is 12.7 Å². The molecule has 2 heterocycles. The first-order chi connectivity index (χ1) is 8.72. The van der Waals surface area contributed by atoms with Crippen molar-refractivity contribution in [3.05, 3.63) is 24.0 Å². The maximum absolute atomic E-state index is 11.0. The summed E-state index contributed by atoms with van der Waals surface area (Å²) in [6.45, 7) is 0.800. The Kier molecular flexibility index (Phi) is 3.63. The van der Waals surface area contributed by atoms with Crippen molar-refractivity contribution in [1.82, 2.24) is 9.88 Å². The summed E-state index contributed by atoms with van der Waals surface area (Å²) in [6.07, 6.45) is 3.70. The summed E-state index contributed by atoms with van der Waals surface area (Å²) in [5.41, 5.74) is 0.407. The minimum atomic E-state index is -0.923. The van der Waals surface area contributed by atoms with Crippen molar-refractivity contribution < 1.29 is 14.6 Å². The zero-order valence-electron chi connectivity index (χ0n) is 9.74. The minimum Gasteiger partial charge on any atom is -0.488 e. The SMILES string of the molecule is N#Cc1ccncc1OCC1CCCN1C(=O)O. The number of rotatable bonds is 3. The summed E-state index contributed by atoms with van der Waals surface area (Å²) in [5.74, 6) is 0.400. The molecule has 94 valence electrons. The van der Waals surface area contributed by atoms with Gasteiger partial charge in [-0.2, -0.15) is 5.26 Å². The number of hydrogen-bond acceptors (Lipinski definition) is 4. The predicted octanol–water partition coefficient (Wildman–Crippen LogP) is 1.47. The van der Waals surface area contributed by atoms with Crippen LogP contribution in [-0.2, 0) is 0 Å². The first-order valence-corrected chi connectivity index (χ1v) is 5.69. The van der Waals surface area contributed by atoms with E-state index in [1.807, 2.05) is 6.07 Å². The van der Waals surface area contributed by atoms with Crippen molar-refractivity contribution in [3.8, 4) is 11.8 Å². The molecule has 0 bridgehead atoms. The summed E-state index contributed by atoms with van der Waals surface area (Å²) in [4.78, 5) is 16.2. The Morgan fingerprint density at radius 1 is 1.72 bits per heavy atom. The van der Waals surface area contributed by atoms with Crippen LogP contribution in [0.5, 0.6) is 5.75 Å². The number of carbonyl (C=O) groups is 1. The molecule has 6 heteroatoms. The molecule has 0 aromatic carbocycles. The molecule has 0 radical (unpaired) electrons. The largest absolute Gasteiger partial charge is 0.488 e. The van der Waals surface area contributed by atoms with Gasteiger partial charge in [-0.15, -0.1) is 0 Å². The monoisotopic (exact) mass is 247 g/mol. The molecule has 1 aromatic rings. The third-order valence-corrected chi connectivity index (χ3v) is 2.96. The Balaban J connectivity index is 1.99. The highest BCUT2D eigenvalue weighted by Crippen LogP contribution is 2.20. The summed E-state index contributed by atoms with van der Waals surface area (Å²) < 4.78 is 5.50. The lowest BCUT2D eigenvalue weighted by Gasteiger charge is -2.21. The van der Waals surface area contributed by atoms with Gasteiger partial charge in [-0.05, 0) is 18.9 Å². The number of hydrogen-bond donors (Lipinski definition) is 1. The first-order valence-electron chi connectivity index (χ1n) is 5.69. The molecule has 1 amide bonds. The average molecular weight is 247 g/mol. The zero-order valence-corrected chi connectivity index (χ0v) is 9.74. The molecule has 0 aliphatic carbocycles. The smallest absolute Gasteiger partial charge is 0.407 e. The van der Waals surface area contributed by atoms with E-state index in [1.165, 1.54) is 17.3 Å². The van der Waals surface area contributed by atoms with Gasteiger partial charge in [0.25, 0.3) is 0 Å². The average Bonchev–Trinajstić information content (AvgIpc) is 2.85. The van der Waals surface area contributed by atoms with E-state index >= 15 is 0 Å². The van der Waals surface area contributed by atoms with Crippen LogP contribution in [0.25, 0.3) is 0 Å². The van der Waals surface area contributed by atoms with Crippen LogP contribution in [0, 0.1) is 11.3 Å². The van der Waals surface area contributed by atoms with E-state index in [9.17, 15) is 4.79 Å². The Morgan fingerprint density at radius 2 is 2.56 bits per heavy atom. The number of amides is 1. The number of likely N-dealkylation sites (tertiary alicyclic amines) is 1. The molecule has 0 saturated carbocycles. The van der Waals surface area contributed by atoms with Gasteiger partial charge in [-0.1, -0.05) is 0 Å². The molecule has 1 aliphatic heterocycles. The fourth-order valence-corrected chi connectivity index (χ4v) is 2.03. The fraction of sp³-hybridized carbons (Fsp3) is 0.417. The molecule has 1 unspecified atom stereocenters. The normalized spacial score (nSPS) is 18.4. The number of carboxylic acid groups (broad SMARTS) is 1. The number of nitrogens with zero attached hydrogens (tertiary/aromatic N) is 3. The van der Waals surface area contributed by atoms with Gasteiger partial charge < -0.3 is 14.7 Å². The van der Waals surface area contributed by atoms with Crippen molar-refractivity contribution in [2.45, 2.75) is 18.9 Å². The van der Waals surface area contributed by atoms with E-state index in [4.69, 9.17) is 15.1 Å². The lowest BCUT2D eigenvalue weighted by atomic mass is 10.2. The molecular formula is C12H13N3O3. The number of ether oxygens (including phenoxy) is 1. The highest BCUT2D eigenvalue weighted by molar-refractivity contribution is 5.65. The number of pyridine rings is 1. The number of aromatic nitrogens is 1. The van der Waals surface area contributed by atoms with Crippen molar-refractivity contribution in [2.24, 2.45) is 0 Å². The quantitative estimate of drug-likeness (QED) is 0.874. The Bertz CT molecular complexity index is 484. The Labute approximate surface area is 104 Å². The van der Waals surface area contributed by atoms with Crippen molar-refractivity contribution in [3.63, 3.8) is 0 Å². The second-order valence-corrected chi connectivity index (χ2v) is 4.07. The van der Waals surface area contributed by atoms with Crippen LogP contribution >= 0.6 is 0 Å². The van der Waals surface area contributed by atoms with E-state index in [0.29, 0.717) is 17.9 Å². The topological polar surface area (TPSA) is 86.5 Å². The molecule has 2 rings (SSSR count). The summed E-state index contributed by atoms with van der Waals surface area (Å²) in [5, 5.41) is 17.9. The molecule has 1 aliphatic rings. The van der Waals surface area contributed by atoms with Crippen LogP contribution < -0.4 is 4.74 Å². The standard InChI is InChI=1S/C12H13N3O3/c13-6-9-3-4-14-7-11(9)18-8-10-2-1-5-15(10)12(16)17/h3-4,7,10H,1-2,5,8H2,(H,16,17). The van der Waals surface area contributed by atoms with Gasteiger partial charge >= 0.3 is 6.09 Å². The van der Waals surface area contributed by atoms with Crippen LogP contribution in [0.3, 0.4) is 0 Å². The predicted molar refractivity (Wildman–Crippen MR) is 62.2 cm³/mol. The fourth-order valence-electron chi connectivity index (χ4n) is 2.03. The highest BCUT2D eigenvalue weighted by Gasteiger charge is 2.29. The summed E-state index contributed by atoms with van der Waals surface area (Å²) >= 11 is 0. The highest BCUT2D eigenvalue weighted by atomic mass is 16.5. The third-order valence-electron chi connectivity index (χ3n) is 2.96. The Morgan fingerprint density at radius 3 is 3.28 bits per heavy atom. The lowest BCUT2D eigenvalue weighted by molar-refractivity contribution is 0.123. The van der Waals surface area contributed by atoms with E-state index in [2.05, 4.69) is 4.98 Å². The summed E-state index contributed by atoms with van der Waals surface area (Å²) in [6, 6.07) is 3.43. The van der Waals surface area contributed by atoms with Crippen molar-refractivity contribution >= 4 is 6.09 Å². The first kappa shape index (κ1) is 12.2. The van der Waals surface area contributed by atoms with Gasteiger partial charge in [0.05, 0.1) is 17.8 Å². The van der Waals surface area contributed by atoms with Crippen molar-refractivity contribution in [1.29, 1.82) is 5.26 Å². The number of nitriles is 1. The van der Waals surface area contributed by atoms with Crippen molar-refractivity contribution in [2.75, 3.05) is 13.2 Å². The van der Waals surface area contributed by atoms with Crippen LogP contribution in [0.4, 0.5) is 4.79 Å². The molecule has 1 aromatic heterocycles. The van der Waals surface area contributed by atoms with Gasteiger partial charge in [0.1, 0.15) is 12.7 Å². The lowest BCUT2D eigenvalue weighted by Crippen LogP contribution is -2.38. The Hall–Kier alpha value is -2.29. The molecule has 18 heavy (non-hydrogen) atoms. The maximum Gasteiger partial charge on any atom is 0.407 e. The van der Waals surface area contributed by atoms with Gasteiger partial charge in [-0.3, -0.25) is 4.98 Å². The molecule has 0 spiro atoms. The minimum absolute atomic E-state index is 0.144. The molecular weight excluding hydrogens is 234 g/mol. The van der Waals surface area contributed by atoms with Crippen LogP contribution in [-0.4, -0.2) is 40.3 Å². The maximum atomic E-state index is 11.0. The second-order valence-electron chi connectivity index (χ2n) is 4.07. The van der Waals surface area contributed by atoms with E-state index in [0.717, 1.165) is 12.8 Å². The molecule has 1 N–H and O–H groups in total. The van der Waals surface area contributed by atoms with Crippen LogP contribution in [0.15, 0.2) is 18.5 Å². The molecule has 1 atom stereocenters. The van der Waals surface area contributed by atoms with E-state index in [-0.39, 0.29) is 12.6 Å². The zero-order chi connectivity index (χ0) is 13.0. The third kappa shape index (κ3) is 2.51. The van der Waals surface area contributed by atoms with Gasteiger partial charge in [0.15, 0.2) is 5.75 Å². The van der Waals surface area contributed by atoms with Gasteiger partial charge in [0.2, 0.25) is 0 Å². The summed E-state index contributed by atoms with van der Waals surface area (Å²) in [7, 11) is 0. The van der Waals surface area contributed by atoms with Crippen LogP contribution in [0.2, 0.25) is 0 Å². The molecule has 1 fully saturated rings. The van der Waals surface area contributed by atoms with Crippen LogP contribution in [0.1, 0.15) is 18.4 Å². The molecule has 6 nitrogen and oxygen atoms in total. The van der Waals surface area contributed by atoms with Gasteiger partial charge in [-0.25, -0.2) is 4.79 Å². The van der Waals surface area contributed by atoms with E-state index < -0.39 is 6.09 Å². The molecule has 1 saturated heterocycles. The second kappa shape index (κ2) is 5.36. The van der Waals surface area contributed by atoms with E-state index in [1.54, 1.807) is 6.07 Å².